The van der Waals surface area contributed by atoms with Gasteiger partial charge in [-0.1, -0.05) is 93.9 Å². The van der Waals surface area contributed by atoms with Crippen molar-refractivity contribution in [2.75, 3.05) is 19.6 Å². The lowest BCUT2D eigenvalue weighted by molar-refractivity contribution is -0.253. The zero-order valence-corrected chi connectivity index (χ0v) is 31.0. The van der Waals surface area contributed by atoms with Crippen molar-refractivity contribution in [2.45, 2.75) is 117 Å². The highest BCUT2D eigenvalue weighted by molar-refractivity contribution is 5.76. The summed E-state index contributed by atoms with van der Waals surface area (Å²) in [6.45, 7) is 12.0. The van der Waals surface area contributed by atoms with Gasteiger partial charge in [-0.2, -0.15) is 0 Å². The minimum absolute atomic E-state index is 0.0175. The predicted octanol–water partition coefficient (Wildman–Crippen LogP) is 7.60. The van der Waals surface area contributed by atoms with Crippen LogP contribution in [0.4, 0.5) is 0 Å². The van der Waals surface area contributed by atoms with E-state index in [4.69, 9.17) is 9.47 Å². The van der Waals surface area contributed by atoms with Crippen LogP contribution in [-0.4, -0.2) is 53.6 Å². The Morgan fingerprint density at radius 2 is 1.63 bits per heavy atom. The number of likely N-dealkylation sites (tertiary alicyclic amines) is 1. The number of carbonyl (C=O) groups is 2. The molecular formula is C43H57N3O5. The standard InChI is InChI=1S/C43H57N3O5/c1-30(48)44-20-7-5-6-11-40(49)45-25-32-9-8-10-36(21-32)33-16-18-35(19-17-33)41-50-38(22-39(51-41)34-14-12-31(27-47)13-15-34)26-46-29-43(4)24-37(46)23-42(2,3)28-43/h8-10,12-19,21,37-39,41,47H,5-7,11,20,22-29H2,1-4H3,(H,44,48)(H,45,49)/t37?,38-,39+,41+,43?/m0/s1. The smallest absolute Gasteiger partial charge is 0.220 e. The minimum atomic E-state index is -0.485. The lowest BCUT2D eigenvalue weighted by Crippen LogP contribution is -2.42. The molecule has 51 heavy (non-hydrogen) atoms. The lowest BCUT2D eigenvalue weighted by Gasteiger charge is -2.41. The van der Waals surface area contributed by atoms with E-state index in [0.29, 0.717) is 36.4 Å². The molecule has 0 spiro atoms. The number of unbranched alkanes of at least 4 members (excludes halogenated alkanes) is 2. The van der Waals surface area contributed by atoms with Gasteiger partial charge in [-0.15, -0.1) is 0 Å². The monoisotopic (exact) mass is 695 g/mol. The van der Waals surface area contributed by atoms with Crippen molar-refractivity contribution < 1.29 is 24.2 Å². The second-order valence-corrected chi connectivity index (χ2v) is 16.4. The van der Waals surface area contributed by atoms with Crippen LogP contribution in [-0.2, 0) is 32.2 Å². The van der Waals surface area contributed by atoms with Crippen LogP contribution in [0.15, 0.2) is 72.8 Å². The molecule has 0 radical (unpaired) electrons. The van der Waals surface area contributed by atoms with E-state index in [1.165, 1.54) is 26.2 Å². The fraction of sp³-hybridized carbons (Fsp3) is 0.535. The van der Waals surface area contributed by atoms with E-state index in [1.807, 2.05) is 24.3 Å². The fourth-order valence-electron chi connectivity index (χ4n) is 8.92. The summed E-state index contributed by atoms with van der Waals surface area (Å²) in [5.74, 6) is 0.0274. The Balaban J connectivity index is 1.09. The van der Waals surface area contributed by atoms with Gasteiger partial charge in [0, 0.05) is 57.5 Å². The Hall–Kier alpha value is -3.56. The first-order chi connectivity index (χ1) is 24.5. The third-order valence-corrected chi connectivity index (χ3v) is 11.0. The SMILES string of the molecule is CC(=O)NCCCCCC(=O)NCc1cccc(-c2ccc([C@@H]3O[C@H](CN4CC5(C)CC4CC(C)(C)C5)C[C@H](c4ccc(CO)cc4)O3)cc2)c1. The molecule has 2 amide bonds. The topological polar surface area (TPSA) is 100 Å². The molecule has 274 valence electrons. The summed E-state index contributed by atoms with van der Waals surface area (Å²) >= 11 is 0. The fourth-order valence-corrected chi connectivity index (χ4v) is 8.92. The Bertz CT molecular complexity index is 1620. The lowest BCUT2D eigenvalue weighted by atomic mass is 9.65. The largest absolute Gasteiger partial charge is 0.392 e. The number of aliphatic hydroxyl groups excluding tert-OH is 1. The molecule has 2 unspecified atom stereocenters. The first-order valence-electron chi connectivity index (χ1n) is 18.9. The van der Waals surface area contributed by atoms with Gasteiger partial charge in [-0.3, -0.25) is 14.5 Å². The Kier molecular flexibility index (Phi) is 12.0. The summed E-state index contributed by atoms with van der Waals surface area (Å²) in [5, 5.41) is 15.5. The van der Waals surface area contributed by atoms with Crippen molar-refractivity contribution >= 4 is 11.8 Å². The number of ether oxygens (including phenoxy) is 2. The molecule has 3 aromatic rings. The Morgan fingerprint density at radius 1 is 0.863 bits per heavy atom. The molecule has 6 rings (SSSR count). The van der Waals surface area contributed by atoms with Crippen LogP contribution in [0.3, 0.4) is 0 Å². The average Bonchev–Trinajstić information content (AvgIpc) is 3.35. The second-order valence-electron chi connectivity index (χ2n) is 16.4. The van der Waals surface area contributed by atoms with Crippen molar-refractivity contribution in [2.24, 2.45) is 10.8 Å². The summed E-state index contributed by atoms with van der Waals surface area (Å²) < 4.78 is 13.5. The maximum Gasteiger partial charge on any atom is 0.220 e. The molecule has 0 aromatic heterocycles. The van der Waals surface area contributed by atoms with E-state index >= 15 is 0 Å². The van der Waals surface area contributed by atoms with Crippen LogP contribution in [0.2, 0.25) is 0 Å². The first kappa shape index (κ1) is 37.2. The van der Waals surface area contributed by atoms with Crippen molar-refractivity contribution in [1.29, 1.82) is 0 Å². The van der Waals surface area contributed by atoms with Crippen LogP contribution >= 0.6 is 0 Å². The number of fused-ring (bicyclic) bond motifs is 2. The van der Waals surface area contributed by atoms with E-state index < -0.39 is 6.29 Å². The summed E-state index contributed by atoms with van der Waals surface area (Å²) in [5.41, 5.74) is 6.97. The first-order valence-corrected chi connectivity index (χ1v) is 18.9. The highest BCUT2D eigenvalue weighted by Gasteiger charge is 2.50. The predicted molar refractivity (Wildman–Crippen MR) is 200 cm³/mol. The molecule has 1 saturated carbocycles. The van der Waals surface area contributed by atoms with Gasteiger partial charge in [0.05, 0.1) is 18.8 Å². The number of benzene rings is 3. The molecule has 8 nitrogen and oxygen atoms in total. The van der Waals surface area contributed by atoms with Gasteiger partial charge >= 0.3 is 0 Å². The molecule has 2 saturated heterocycles. The van der Waals surface area contributed by atoms with Gasteiger partial charge in [0.1, 0.15) is 0 Å². The molecule has 3 aromatic carbocycles. The molecular weight excluding hydrogens is 638 g/mol. The third-order valence-electron chi connectivity index (χ3n) is 11.0. The van der Waals surface area contributed by atoms with Crippen LogP contribution in [0.5, 0.6) is 0 Å². The molecule has 3 N–H and O–H groups in total. The molecule has 3 fully saturated rings. The van der Waals surface area contributed by atoms with Crippen LogP contribution < -0.4 is 10.6 Å². The van der Waals surface area contributed by atoms with Gasteiger partial charge in [0.15, 0.2) is 6.29 Å². The summed E-state index contributed by atoms with van der Waals surface area (Å²) in [7, 11) is 0. The van der Waals surface area contributed by atoms with Crippen LogP contribution in [0.25, 0.3) is 11.1 Å². The van der Waals surface area contributed by atoms with Crippen molar-refractivity contribution in [3.8, 4) is 11.1 Å². The zero-order valence-electron chi connectivity index (χ0n) is 31.0. The van der Waals surface area contributed by atoms with Crippen molar-refractivity contribution in [3.63, 3.8) is 0 Å². The zero-order chi connectivity index (χ0) is 36.0. The minimum Gasteiger partial charge on any atom is -0.392 e. The van der Waals surface area contributed by atoms with Gasteiger partial charge < -0.3 is 25.2 Å². The van der Waals surface area contributed by atoms with Crippen LogP contribution in [0.1, 0.15) is 114 Å². The molecule has 3 aliphatic rings. The number of hydrogen-bond donors (Lipinski definition) is 3. The van der Waals surface area contributed by atoms with Gasteiger partial charge in [-0.25, -0.2) is 0 Å². The second kappa shape index (κ2) is 16.4. The summed E-state index contributed by atoms with van der Waals surface area (Å²) in [6, 6.07) is 25.5. The third kappa shape index (κ3) is 10.1. The van der Waals surface area contributed by atoms with Crippen molar-refractivity contribution in [3.05, 3.63) is 95.1 Å². The highest BCUT2D eigenvalue weighted by Crippen LogP contribution is 2.53. The van der Waals surface area contributed by atoms with Crippen LogP contribution in [0, 0.1) is 10.8 Å². The highest BCUT2D eigenvalue weighted by atomic mass is 16.7. The molecule has 5 atom stereocenters. The summed E-state index contributed by atoms with van der Waals surface area (Å²) in [6.07, 6.45) is 7.09. The molecule has 8 heteroatoms. The number of carbonyl (C=O) groups excluding carboxylic acids is 2. The van der Waals surface area contributed by atoms with E-state index in [2.05, 4.69) is 84.8 Å². The van der Waals surface area contributed by atoms with Gasteiger partial charge in [-0.05, 0) is 76.8 Å². The summed E-state index contributed by atoms with van der Waals surface area (Å²) in [4.78, 5) is 26.1. The van der Waals surface area contributed by atoms with E-state index in [9.17, 15) is 14.7 Å². The maximum atomic E-state index is 12.4. The van der Waals surface area contributed by atoms with E-state index in [-0.39, 0.29) is 30.6 Å². The number of nitrogens with one attached hydrogen (secondary N) is 2. The number of hydrogen-bond acceptors (Lipinski definition) is 6. The van der Waals surface area contributed by atoms with Crippen molar-refractivity contribution in [1.82, 2.24) is 15.5 Å². The number of amides is 2. The maximum absolute atomic E-state index is 12.4. The molecule has 1 aliphatic carbocycles. The Labute approximate surface area is 304 Å². The number of nitrogens with zero attached hydrogens (tertiary/aromatic N) is 1. The van der Waals surface area contributed by atoms with E-state index in [0.717, 1.165) is 72.2 Å². The number of aliphatic hydroxyl groups is 1. The normalized spacial score (nSPS) is 25.7. The van der Waals surface area contributed by atoms with Gasteiger partial charge in [0.2, 0.25) is 11.8 Å². The molecule has 2 aliphatic heterocycles. The molecule has 2 heterocycles. The van der Waals surface area contributed by atoms with Gasteiger partial charge in [0.25, 0.3) is 0 Å². The van der Waals surface area contributed by atoms with E-state index in [1.54, 1.807) is 0 Å². The average molecular weight is 696 g/mol. The number of rotatable bonds is 14. The quantitative estimate of drug-likeness (QED) is 0.150. The Morgan fingerprint density at radius 3 is 2.37 bits per heavy atom. The molecule has 2 bridgehead atoms.